The van der Waals surface area contributed by atoms with E-state index in [1.54, 1.807) is 11.1 Å². The van der Waals surface area contributed by atoms with Crippen LogP contribution >= 0.6 is 0 Å². The van der Waals surface area contributed by atoms with Crippen molar-refractivity contribution in [3.05, 3.63) is 35.4 Å². The SMILES string of the molecule is CNC1CCN(C2CCc3ccccc3C2)C1. The molecule has 0 saturated carbocycles. The third-order valence-electron chi connectivity index (χ3n) is 4.47. The molecule has 0 radical (unpaired) electrons. The molecule has 3 rings (SSSR count). The highest BCUT2D eigenvalue weighted by molar-refractivity contribution is 5.30. The monoisotopic (exact) mass is 230 g/mol. The summed E-state index contributed by atoms with van der Waals surface area (Å²) >= 11 is 0. The molecule has 0 spiro atoms. The van der Waals surface area contributed by atoms with Crippen LogP contribution in [0.15, 0.2) is 24.3 Å². The van der Waals surface area contributed by atoms with Crippen molar-refractivity contribution >= 4 is 0 Å². The summed E-state index contributed by atoms with van der Waals surface area (Å²) in [5.74, 6) is 0. The van der Waals surface area contributed by atoms with Crippen LogP contribution in [0.2, 0.25) is 0 Å². The molecule has 1 aromatic carbocycles. The molecule has 2 aliphatic rings. The number of likely N-dealkylation sites (tertiary alicyclic amines) is 1. The van der Waals surface area contributed by atoms with E-state index < -0.39 is 0 Å². The fourth-order valence-electron chi connectivity index (χ4n) is 3.34. The van der Waals surface area contributed by atoms with Crippen LogP contribution in [0.25, 0.3) is 0 Å². The van der Waals surface area contributed by atoms with Gasteiger partial charge in [0.1, 0.15) is 0 Å². The summed E-state index contributed by atoms with van der Waals surface area (Å²) in [5, 5.41) is 3.41. The predicted molar refractivity (Wildman–Crippen MR) is 71.3 cm³/mol. The zero-order valence-electron chi connectivity index (χ0n) is 10.7. The summed E-state index contributed by atoms with van der Waals surface area (Å²) in [7, 11) is 2.09. The standard InChI is InChI=1S/C15H22N2/c1-16-14-8-9-17(11-14)15-7-6-12-4-2-3-5-13(12)10-15/h2-5,14-16H,6-11H2,1H3. The molecule has 2 atom stereocenters. The number of benzene rings is 1. The fraction of sp³-hybridized carbons (Fsp3) is 0.600. The summed E-state index contributed by atoms with van der Waals surface area (Å²) in [6.45, 7) is 2.52. The minimum absolute atomic E-state index is 0.715. The van der Waals surface area contributed by atoms with E-state index >= 15 is 0 Å². The molecular formula is C15H22N2. The predicted octanol–water partition coefficient (Wildman–Crippen LogP) is 1.84. The first-order chi connectivity index (χ1) is 8.36. The number of nitrogens with one attached hydrogen (secondary N) is 1. The quantitative estimate of drug-likeness (QED) is 0.834. The Kier molecular flexibility index (Phi) is 3.17. The second kappa shape index (κ2) is 4.79. The molecular weight excluding hydrogens is 208 g/mol. The molecule has 1 saturated heterocycles. The van der Waals surface area contributed by atoms with Gasteiger partial charge >= 0.3 is 0 Å². The van der Waals surface area contributed by atoms with Crippen LogP contribution in [-0.2, 0) is 12.8 Å². The van der Waals surface area contributed by atoms with Crippen LogP contribution < -0.4 is 5.32 Å². The largest absolute Gasteiger partial charge is 0.316 e. The highest BCUT2D eigenvalue weighted by Crippen LogP contribution is 2.26. The molecule has 92 valence electrons. The maximum Gasteiger partial charge on any atom is 0.0204 e. The van der Waals surface area contributed by atoms with Crippen molar-refractivity contribution in [3.8, 4) is 0 Å². The number of rotatable bonds is 2. The average molecular weight is 230 g/mol. The Morgan fingerprint density at radius 2 is 2.00 bits per heavy atom. The number of likely N-dealkylation sites (N-methyl/N-ethyl adjacent to an activating group) is 1. The molecule has 1 fully saturated rings. The van der Waals surface area contributed by atoms with E-state index in [-0.39, 0.29) is 0 Å². The van der Waals surface area contributed by atoms with Crippen molar-refractivity contribution in [2.24, 2.45) is 0 Å². The first-order valence-corrected chi connectivity index (χ1v) is 6.85. The molecule has 1 aromatic rings. The van der Waals surface area contributed by atoms with Gasteiger partial charge in [-0.2, -0.15) is 0 Å². The van der Waals surface area contributed by atoms with Gasteiger partial charge in [0.05, 0.1) is 0 Å². The lowest BCUT2D eigenvalue weighted by Gasteiger charge is -2.32. The average Bonchev–Trinajstić information content (AvgIpc) is 2.87. The number of hydrogen-bond donors (Lipinski definition) is 1. The van der Waals surface area contributed by atoms with E-state index in [1.807, 2.05) is 0 Å². The maximum atomic E-state index is 3.41. The lowest BCUT2D eigenvalue weighted by molar-refractivity contribution is 0.217. The topological polar surface area (TPSA) is 15.3 Å². The van der Waals surface area contributed by atoms with Crippen LogP contribution in [0.3, 0.4) is 0 Å². The van der Waals surface area contributed by atoms with Crippen molar-refractivity contribution in [2.75, 3.05) is 20.1 Å². The molecule has 0 bridgehead atoms. The van der Waals surface area contributed by atoms with Crippen LogP contribution in [0.4, 0.5) is 0 Å². The van der Waals surface area contributed by atoms with E-state index in [1.165, 1.54) is 38.8 Å². The van der Waals surface area contributed by atoms with Gasteiger partial charge in [-0.15, -0.1) is 0 Å². The molecule has 0 amide bonds. The smallest absolute Gasteiger partial charge is 0.0204 e. The molecule has 2 nitrogen and oxygen atoms in total. The van der Waals surface area contributed by atoms with Gasteiger partial charge in [0.15, 0.2) is 0 Å². The normalized spacial score (nSPS) is 29.2. The first-order valence-electron chi connectivity index (χ1n) is 6.85. The minimum atomic E-state index is 0.715. The Morgan fingerprint density at radius 1 is 1.18 bits per heavy atom. The number of hydrogen-bond acceptors (Lipinski definition) is 2. The summed E-state index contributed by atoms with van der Waals surface area (Å²) in [6.07, 6.45) is 5.18. The Bertz CT molecular complexity index is 388. The molecule has 1 aliphatic heterocycles. The zero-order valence-corrected chi connectivity index (χ0v) is 10.7. The van der Waals surface area contributed by atoms with E-state index in [2.05, 4.69) is 41.5 Å². The van der Waals surface area contributed by atoms with E-state index in [4.69, 9.17) is 0 Å². The second-order valence-electron chi connectivity index (χ2n) is 5.43. The number of fused-ring (bicyclic) bond motifs is 1. The van der Waals surface area contributed by atoms with Gasteiger partial charge in [0.2, 0.25) is 0 Å². The molecule has 1 heterocycles. The Labute approximate surface area is 104 Å². The highest BCUT2D eigenvalue weighted by Gasteiger charge is 2.29. The second-order valence-corrected chi connectivity index (χ2v) is 5.43. The fourth-order valence-corrected chi connectivity index (χ4v) is 3.34. The van der Waals surface area contributed by atoms with Gasteiger partial charge < -0.3 is 5.32 Å². The van der Waals surface area contributed by atoms with Gasteiger partial charge in [-0.05, 0) is 43.9 Å². The third kappa shape index (κ3) is 2.24. The first kappa shape index (κ1) is 11.2. The number of aryl methyl sites for hydroxylation is 1. The molecule has 2 heteroatoms. The Balaban J connectivity index is 1.68. The molecule has 17 heavy (non-hydrogen) atoms. The molecule has 0 aromatic heterocycles. The zero-order chi connectivity index (χ0) is 11.7. The van der Waals surface area contributed by atoms with Crippen LogP contribution in [0, 0.1) is 0 Å². The van der Waals surface area contributed by atoms with Gasteiger partial charge in [-0.25, -0.2) is 0 Å². The van der Waals surface area contributed by atoms with Gasteiger partial charge in [0, 0.05) is 25.2 Å². The molecule has 1 aliphatic carbocycles. The number of nitrogens with zero attached hydrogens (tertiary/aromatic N) is 1. The van der Waals surface area contributed by atoms with Gasteiger partial charge in [-0.3, -0.25) is 4.90 Å². The maximum absolute atomic E-state index is 3.41. The molecule has 2 unspecified atom stereocenters. The van der Waals surface area contributed by atoms with Crippen molar-refractivity contribution in [2.45, 2.75) is 37.8 Å². The Hall–Kier alpha value is -0.860. The van der Waals surface area contributed by atoms with Crippen molar-refractivity contribution in [1.82, 2.24) is 10.2 Å². The van der Waals surface area contributed by atoms with Gasteiger partial charge in [-0.1, -0.05) is 24.3 Å². The Morgan fingerprint density at radius 3 is 2.76 bits per heavy atom. The summed E-state index contributed by atoms with van der Waals surface area (Å²) < 4.78 is 0. The van der Waals surface area contributed by atoms with Crippen LogP contribution in [0.1, 0.15) is 24.0 Å². The van der Waals surface area contributed by atoms with Crippen LogP contribution in [0.5, 0.6) is 0 Å². The minimum Gasteiger partial charge on any atom is -0.316 e. The lowest BCUT2D eigenvalue weighted by atomic mass is 9.88. The van der Waals surface area contributed by atoms with Crippen molar-refractivity contribution < 1.29 is 0 Å². The summed E-state index contributed by atoms with van der Waals surface area (Å²) in [6, 6.07) is 10.5. The van der Waals surface area contributed by atoms with E-state index in [9.17, 15) is 0 Å². The van der Waals surface area contributed by atoms with E-state index in [0.717, 1.165) is 6.04 Å². The lowest BCUT2D eigenvalue weighted by Crippen LogP contribution is -2.39. The van der Waals surface area contributed by atoms with Gasteiger partial charge in [0.25, 0.3) is 0 Å². The highest BCUT2D eigenvalue weighted by atomic mass is 15.2. The van der Waals surface area contributed by atoms with E-state index in [0.29, 0.717) is 6.04 Å². The van der Waals surface area contributed by atoms with Crippen molar-refractivity contribution in [1.29, 1.82) is 0 Å². The van der Waals surface area contributed by atoms with Crippen LogP contribution in [-0.4, -0.2) is 37.1 Å². The van der Waals surface area contributed by atoms with Crippen molar-refractivity contribution in [3.63, 3.8) is 0 Å². The summed E-state index contributed by atoms with van der Waals surface area (Å²) in [5.41, 5.74) is 3.16. The summed E-state index contributed by atoms with van der Waals surface area (Å²) in [4.78, 5) is 2.69. The molecule has 1 N–H and O–H groups in total. The third-order valence-corrected chi connectivity index (χ3v) is 4.47.